The van der Waals surface area contributed by atoms with Gasteiger partial charge in [0.15, 0.2) is 0 Å². The van der Waals surface area contributed by atoms with E-state index >= 15 is 0 Å². The standard InChI is InChI=1S/C14H10BrFN2/c1-18(13-4-2-3-12(16)8-13)14-7-11(15)6-5-10(14)9-17/h2-8H,1H3. The van der Waals surface area contributed by atoms with E-state index in [9.17, 15) is 4.39 Å². The number of hydrogen-bond acceptors (Lipinski definition) is 2. The fourth-order valence-corrected chi connectivity index (χ4v) is 2.05. The third-order valence-corrected chi connectivity index (χ3v) is 3.13. The van der Waals surface area contributed by atoms with Crippen molar-refractivity contribution >= 4 is 27.3 Å². The van der Waals surface area contributed by atoms with Crippen molar-refractivity contribution in [3.8, 4) is 6.07 Å². The Kier molecular flexibility index (Phi) is 3.63. The average molecular weight is 305 g/mol. The Morgan fingerprint density at radius 1 is 1.22 bits per heavy atom. The maximum atomic E-state index is 13.2. The Hall–Kier alpha value is -1.86. The van der Waals surface area contributed by atoms with Gasteiger partial charge >= 0.3 is 0 Å². The minimum absolute atomic E-state index is 0.298. The van der Waals surface area contributed by atoms with Crippen LogP contribution in [0.5, 0.6) is 0 Å². The van der Waals surface area contributed by atoms with Gasteiger partial charge in [-0.2, -0.15) is 5.26 Å². The lowest BCUT2D eigenvalue weighted by molar-refractivity contribution is 0.628. The number of rotatable bonds is 2. The highest BCUT2D eigenvalue weighted by atomic mass is 79.9. The molecule has 0 bridgehead atoms. The highest BCUT2D eigenvalue weighted by Crippen LogP contribution is 2.29. The third-order valence-electron chi connectivity index (χ3n) is 2.64. The predicted molar refractivity (Wildman–Crippen MR) is 73.3 cm³/mol. The largest absolute Gasteiger partial charge is 0.343 e. The summed E-state index contributed by atoms with van der Waals surface area (Å²) in [7, 11) is 1.80. The van der Waals surface area contributed by atoms with Crippen LogP contribution in [0.25, 0.3) is 0 Å². The molecule has 0 aliphatic heterocycles. The van der Waals surface area contributed by atoms with Crippen LogP contribution in [-0.2, 0) is 0 Å². The van der Waals surface area contributed by atoms with Gasteiger partial charge in [0.25, 0.3) is 0 Å². The summed E-state index contributed by atoms with van der Waals surface area (Å²) in [6.07, 6.45) is 0. The Morgan fingerprint density at radius 2 is 2.00 bits per heavy atom. The molecule has 0 unspecified atom stereocenters. The van der Waals surface area contributed by atoms with Gasteiger partial charge in [0.2, 0.25) is 0 Å². The molecule has 0 aliphatic rings. The molecule has 0 saturated heterocycles. The van der Waals surface area contributed by atoms with Crippen LogP contribution < -0.4 is 4.90 Å². The highest BCUT2D eigenvalue weighted by Gasteiger charge is 2.10. The number of halogens is 2. The summed E-state index contributed by atoms with van der Waals surface area (Å²) >= 11 is 3.37. The molecule has 0 heterocycles. The fourth-order valence-electron chi connectivity index (χ4n) is 1.70. The topological polar surface area (TPSA) is 27.0 Å². The molecule has 0 spiro atoms. The first kappa shape index (κ1) is 12.6. The van der Waals surface area contributed by atoms with Gasteiger partial charge in [-0.25, -0.2) is 4.39 Å². The number of nitrogens with zero attached hydrogens (tertiary/aromatic N) is 2. The van der Waals surface area contributed by atoms with Crippen molar-refractivity contribution in [1.29, 1.82) is 5.26 Å². The lowest BCUT2D eigenvalue weighted by atomic mass is 10.1. The molecular weight excluding hydrogens is 295 g/mol. The first-order chi connectivity index (χ1) is 8.61. The molecule has 0 atom stereocenters. The van der Waals surface area contributed by atoms with Crippen LogP contribution in [0.1, 0.15) is 5.56 Å². The van der Waals surface area contributed by atoms with Gasteiger partial charge in [0.05, 0.1) is 11.3 Å². The third kappa shape index (κ3) is 2.52. The van der Waals surface area contributed by atoms with Gasteiger partial charge in [0, 0.05) is 17.2 Å². The minimum atomic E-state index is -0.298. The Balaban J connectivity index is 2.49. The second-order valence-electron chi connectivity index (χ2n) is 3.81. The van der Waals surface area contributed by atoms with Gasteiger partial charge in [0.1, 0.15) is 11.9 Å². The molecule has 2 rings (SSSR count). The SMILES string of the molecule is CN(c1cccc(F)c1)c1cc(Br)ccc1C#N. The summed E-state index contributed by atoms with van der Waals surface area (Å²) in [5.41, 5.74) is 1.98. The molecule has 0 N–H and O–H groups in total. The monoisotopic (exact) mass is 304 g/mol. The van der Waals surface area contributed by atoms with E-state index < -0.39 is 0 Å². The van der Waals surface area contributed by atoms with Gasteiger partial charge in [-0.15, -0.1) is 0 Å². The van der Waals surface area contributed by atoms with E-state index in [2.05, 4.69) is 22.0 Å². The molecule has 18 heavy (non-hydrogen) atoms. The van der Waals surface area contributed by atoms with Gasteiger partial charge in [-0.3, -0.25) is 0 Å². The molecule has 2 nitrogen and oxygen atoms in total. The van der Waals surface area contributed by atoms with E-state index in [0.29, 0.717) is 11.3 Å². The van der Waals surface area contributed by atoms with E-state index in [4.69, 9.17) is 5.26 Å². The summed E-state index contributed by atoms with van der Waals surface area (Å²) in [5, 5.41) is 9.09. The van der Waals surface area contributed by atoms with Crippen molar-refractivity contribution in [1.82, 2.24) is 0 Å². The normalized spacial score (nSPS) is 9.89. The van der Waals surface area contributed by atoms with Gasteiger partial charge < -0.3 is 4.90 Å². The van der Waals surface area contributed by atoms with E-state index in [1.807, 2.05) is 12.1 Å². The number of anilines is 2. The lowest BCUT2D eigenvalue weighted by Crippen LogP contribution is -2.11. The summed E-state index contributed by atoms with van der Waals surface area (Å²) in [4.78, 5) is 1.78. The van der Waals surface area contributed by atoms with Crippen LogP contribution in [0, 0.1) is 17.1 Å². The van der Waals surface area contributed by atoms with Crippen LogP contribution in [-0.4, -0.2) is 7.05 Å². The number of nitriles is 1. The van der Waals surface area contributed by atoms with Crippen LogP contribution in [0.4, 0.5) is 15.8 Å². The van der Waals surface area contributed by atoms with Crippen molar-refractivity contribution in [3.05, 3.63) is 58.3 Å². The van der Waals surface area contributed by atoms with E-state index in [0.717, 1.165) is 10.2 Å². The summed E-state index contributed by atoms with van der Waals surface area (Å²) in [6, 6.07) is 13.8. The average Bonchev–Trinajstić information content (AvgIpc) is 2.38. The van der Waals surface area contributed by atoms with E-state index in [-0.39, 0.29) is 5.82 Å². The summed E-state index contributed by atoms with van der Waals surface area (Å²) < 4.78 is 14.1. The molecule has 0 aliphatic carbocycles. The summed E-state index contributed by atoms with van der Waals surface area (Å²) in [5.74, 6) is -0.298. The molecule has 2 aromatic carbocycles. The molecule has 0 radical (unpaired) electrons. The smallest absolute Gasteiger partial charge is 0.125 e. The molecule has 4 heteroatoms. The molecular formula is C14H10BrFN2. The Morgan fingerprint density at radius 3 is 2.67 bits per heavy atom. The second kappa shape index (κ2) is 5.19. The number of hydrogen-bond donors (Lipinski definition) is 0. The van der Waals surface area contributed by atoms with Crippen molar-refractivity contribution in [2.75, 3.05) is 11.9 Å². The fraction of sp³-hybridized carbons (Fsp3) is 0.0714. The quantitative estimate of drug-likeness (QED) is 0.830. The summed E-state index contributed by atoms with van der Waals surface area (Å²) in [6.45, 7) is 0. The Bertz CT molecular complexity index is 619. The van der Waals surface area contributed by atoms with Crippen molar-refractivity contribution in [3.63, 3.8) is 0 Å². The predicted octanol–water partition coefficient (Wildman–Crippen LogP) is 4.23. The van der Waals surface area contributed by atoms with Crippen LogP contribution in [0.2, 0.25) is 0 Å². The highest BCUT2D eigenvalue weighted by molar-refractivity contribution is 9.10. The first-order valence-corrected chi connectivity index (χ1v) is 6.10. The van der Waals surface area contributed by atoms with Crippen molar-refractivity contribution < 1.29 is 4.39 Å². The van der Waals surface area contributed by atoms with Gasteiger partial charge in [-0.1, -0.05) is 22.0 Å². The van der Waals surface area contributed by atoms with E-state index in [1.165, 1.54) is 12.1 Å². The zero-order valence-electron chi connectivity index (χ0n) is 9.69. The zero-order chi connectivity index (χ0) is 13.1. The molecule has 0 saturated carbocycles. The van der Waals surface area contributed by atoms with Crippen LogP contribution in [0.3, 0.4) is 0 Å². The van der Waals surface area contributed by atoms with E-state index in [1.54, 1.807) is 30.1 Å². The van der Waals surface area contributed by atoms with Crippen LogP contribution >= 0.6 is 15.9 Å². The molecule has 2 aromatic rings. The van der Waals surface area contributed by atoms with Crippen molar-refractivity contribution in [2.24, 2.45) is 0 Å². The number of benzene rings is 2. The molecule has 0 amide bonds. The lowest BCUT2D eigenvalue weighted by Gasteiger charge is -2.21. The maximum absolute atomic E-state index is 13.2. The zero-order valence-corrected chi connectivity index (χ0v) is 11.3. The van der Waals surface area contributed by atoms with Gasteiger partial charge in [-0.05, 0) is 36.4 Å². The first-order valence-electron chi connectivity index (χ1n) is 5.31. The van der Waals surface area contributed by atoms with Crippen molar-refractivity contribution in [2.45, 2.75) is 0 Å². The van der Waals surface area contributed by atoms with Crippen LogP contribution in [0.15, 0.2) is 46.9 Å². The minimum Gasteiger partial charge on any atom is -0.343 e. The maximum Gasteiger partial charge on any atom is 0.125 e. The second-order valence-corrected chi connectivity index (χ2v) is 4.73. The molecule has 0 aromatic heterocycles. The Labute approximate surface area is 113 Å². The molecule has 0 fully saturated rings. The molecule has 90 valence electrons.